The zero-order chi connectivity index (χ0) is 10.9. The van der Waals surface area contributed by atoms with E-state index < -0.39 is 26.9 Å². The van der Waals surface area contributed by atoms with Crippen molar-refractivity contribution >= 4 is 10.0 Å². The summed E-state index contributed by atoms with van der Waals surface area (Å²) in [5.41, 5.74) is -0.816. The average Bonchev–Trinajstić information content (AvgIpc) is 1.83. The van der Waals surface area contributed by atoms with Crippen molar-refractivity contribution in [3.8, 4) is 0 Å². The van der Waals surface area contributed by atoms with Crippen LogP contribution >= 0.6 is 0 Å². The number of nitrogens with one attached hydrogen (secondary N) is 1. The largest absolute Gasteiger partial charge is 0.391 e. The van der Waals surface area contributed by atoms with E-state index in [1.54, 1.807) is 34.6 Å². The summed E-state index contributed by atoms with van der Waals surface area (Å²) in [5, 5.41) is 8.82. The van der Waals surface area contributed by atoms with Crippen molar-refractivity contribution in [3.05, 3.63) is 0 Å². The molecule has 5 heteroatoms. The van der Waals surface area contributed by atoms with Gasteiger partial charge in [0.05, 0.1) is 16.9 Å². The fourth-order valence-electron chi connectivity index (χ4n) is 0.570. The predicted molar refractivity (Wildman–Crippen MR) is 53.0 cm³/mol. The lowest BCUT2D eigenvalue weighted by atomic mass is 10.0. The summed E-state index contributed by atoms with van der Waals surface area (Å²) in [7, 11) is -3.31. The fourth-order valence-corrected chi connectivity index (χ4v) is 1.71. The number of rotatable bonds is 4. The van der Waals surface area contributed by atoms with E-state index in [0.29, 0.717) is 0 Å². The van der Waals surface area contributed by atoms with Crippen LogP contribution in [0.4, 0.5) is 0 Å². The summed E-state index contributed by atoms with van der Waals surface area (Å²) in [6.45, 7) is 8.05. The van der Waals surface area contributed by atoms with Gasteiger partial charge in [0.2, 0.25) is 10.0 Å². The predicted octanol–water partition coefficient (Wildman–Crippen LogP) is 0.474. The van der Waals surface area contributed by atoms with E-state index in [0.717, 1.165) is 0 Å². The Labute approximate surface area is 80.4 Å². The summed E-state index contributed by atoms with van der Waals surface area (Å²) < 4.78 is 25.3. The maximum absolute atomic E-state index is 11.4. The molecule has 0 rings (SSSR count). The Morgan fingerprint density at radius 2 is 1.62 bits per heavy atom. The van der Waals surface area contributed by atoms with Gasteiger partial charge in [-0.25, -0.2) is 13.1 Å². The van der Waals surface area contributed by atoms with Crippen LogP contribution in [-0.2, 0) is 10.0 Å². The third kappa shape index (κ3) is 3.62. The normalized spacial score (nSPS) is 16.2. The van der Waals surface area contributed by atoms with Gasteiger partial charge in [0, 0.05) is 0 Å². The molecule has 0 heterocycles. The lowest BCUT2D eigenvalue weighted by Crippen LogP contribution is -2.52. The molecular weight excluding hydrogens is 190 g/mol. The highest BCUT2D eigenvalue weighted by Crippen LogP contribution is 2.12. The van der Waals surface area contributed by atoms with Gasteiger partial charge in [-0.05, 0) is 34.6 Å². The first-order valence-corrected chi connectivity index (χ1v) is 5.85. The molecule has 0 aliphatic rings. The van der Waals surface area contributed by atoms with Crippen LogP contribution in [0.15, 0.2) is 0 Å². The molecule has 0 aromatic heterocycles. The van der Waals surface area contributed by atoms with E-state index in [9.17, 15) is 13.5 Å². The molecule has 0 aliphatic heterocycles. The third-order valence-electron chi connectivity index (χ3n) is 2.07. The van der Waals surface area contributed by atoms with E-state index >= 15 is 0 Å². The van der Waals surface area contributed by atoms with Crippen LogP contribution in [0.5, 0.6) is 0 Å². The van der Waals surface area contributed by atoms with Gasteiger partial charge in [0.15, 0.2) is 0 Å². The summed E-state index contributed by atoms with van der Waals surface area (Å²) >= 11 is 0. The molecule has 0 fully saturated rings. The molecule has 0 spiro atoms. The molecule has 80 valence electrons. The molecule has 1 unspecified atom stereocenters. The molecule has 0 aliphatic carbocycles. The van der Waals surface area contributed by atoms with Crippen LogP contribution in [0.1, 0.15) is 34.6 Å². The standard InChI is InChI=1S/C8H19NO3S/c1-6(2)13(11,12)9-8(4,5)7(3)10/h6-7,9-10H,1-5H3. The quantitative estimate of drug-likeness (QED) is 0.707. The number of aliphatic hydroxyl groups excluding tert-OH is 1. The lowest BCUT2D eigenvalue weighted by Gasteiger charge is -2.29. The highest BCUT2D eigenvalue weighted by molar-refractivity contribution is 7.90. The summed E-state index contributed by atoms with van der Waals surface area (Å²) in [5.74, 6) is 0. The number of sulfonamides is 1. The lowest BCUT2D eigenvalue weighted by molar-refractivity contribution is 0.111. The van der Waals surface area contributed by atoms with Gasteiger partial charge in [0.1, 0.15) is 0 Å². The fraction of sp³-hybridized carbons (Fsp3) is 1.00. The Hall–Kier alpha value is -0.130. The Bertz CT molecular complexity index is 255. The van der Waals surface area contributed by atoms with Crippen molar-refractivity contribution < 1.29 is 13.5 Å². The Morgan fingerprint density at radius 3 is 1.85 bits per heavy atom. The van der Waals surface area contributed by atoms with Crippen LogP contribution in [0.25, 0.3) is 0 Å². The van der Waals surface area contributed by atoms with Crippen molar-refractivity contribution in [2.24, 2.45) is 0 Å². The zero-order valence-electron chi connectivity index (χ0n) is 8.83. The average molecular weight is 209 g/mol. The topological polar surface area (TPSA) is 66.4 Å². The summed E-state index contributed by atoms with van der Waals surface area (Å²) in [6, 6.07) is 0. The molecule has 0 radical (unpaired) electrons. The minimum atomic E-state index is -3.31. The number of hydrogen-bond donors (Lipinski definition) is 2. The first-order chi connectivity index (χ1) is 5.59. The second-order valence-corrected chi connectivity index (χ2v) is 6.33. The van der Waals surface area contributed by atoms with E-state index in [-0.39, 0.29) is 0 Å². The second-order valence-electron chi connectivity index (χ2n) is 4.09. The van der Waals surface area contributed by atoms with Gasteiger partial charge in [-0.2, -0.15) is 0 Å². The van der Waals surface area contributed by atoms with Crippen molar-refractivity contribution in [1.29, 1.82) is 0 Å². The van der Waals surface area contributed by atoms with Crippen LogP contribution in [-0.4, -0.2) is 30.4 Å². The molecule has 0 bridgehead atoms. The minimum absolute atomic E-state index is 0.481. The highest BCUT2D eigenvalue weighted by atomic mass is 32.2. The smallest absolute Gasteiger partial charge is 0.214 e. The Balaban J connectivity index is 4.63. The first-order valence-electron chi connectivity index (χ1n) is 4.30. The molecule has 0 saturated carbocycles. The van der Waals surface area contributed by atoms with Crippen LogP contribution in [0, 0.1) is 0 Å². The van der Waals surface area contributed by atoms with Crippen molar-refractivity contribution in [1.82, 2.24) is 4.72 Å². The summed E-state index contributed by atoms with van der Waals surface area (Å²) in [6.07, 6.45) is -0.721. The van der Waals surface area contributed by atoms with Gasteiger partial charge in [0.25, 0.3) is 0 Å². The highest BCUT2D eigenvalue weighted by Gasteiger charge is 2.30. The number of hydrogen-bond acceptors (Lipinski definition) is 3. The molecular formula is C8H19NO3S. The molecule has 4 nitrogen and oxygen atoms in total. The van der Waals surface area contributed by atoms with E-state index in [2.05, 4.69) is 4.72 Å². The molecule has 0 amide bonds. The van der Waals surface area contributed by atoms with Gasteiger partial charge in [-0.3, -0.25) is 0 Å². The molecule has 0 aromatic rings. The number of aliphatic hydroxyl groups is 1. The SMILES string of the molecule is CC(O)C(C)(C)NS(=O)(=O)C(C)C. The third-order valence-corrected chi connectivity index (χ3v) is 4.12. The zero-order valence-corrected chi connectivity index (χ0v) is 9.64. The molecule has 1 atom stereocenters. The monoisotopic (exact) mass is 209 g/mol. The van der Waals surface area contributed by atoms with E-state index in [1.165, 1.54) is 0 Å². The molecule has 13 heavy (non-hydrogen) atoms. The Kier molecular flexibility index (Phi) is 3.90. The van der Waals surface area contributed by atoms with Crippen LogP contribution < -0.4 is 4.72 Å². The van der Waals surface area contributed by atoms with Gasteiger partial charge >= 0.3 is 0 Å². The summed E-state index contributed by atoms with van der Waals surface area (Å²) in [4.78, 5) is 0. The van der Waals surface area contributed by atoms with Crippen LogP contribution in [0.2, 0.25) is 0 Å². The Morgan fingerprint density at radius 1 is 1.23 bits per heavy atom. The molecule has 0 saturated heterocycles. The van der Waals surface area contributed by atoms with E-state index in [4.69, 9.17) is 0 Å². The van der Waals surface area contributed by atoms with Gasteiger partial charge in [-0.15, -0.1) is 0 Å². The first kappa shape index (κ1) is 12.9. The van der Waals surface area contributed by atoms with Gasteiger partial charge in [-0.1, -0.05) is 0 Å². The molecule has 2 N–H and O–H groups in total. The maximum atomic E-state index is 11.4. The maximum Gasteiger partial charge on any atom is 0.214 e. The minimum Gasteiger partial charge on any atom is -0.391 e. The van der Waals surface area contributed by atoms with Crippen molar-refractivity contribution in [2.75, 3.05) is 0 Å². The van der Waals surface area contributed by atoms with Gasteiger partial charge < -0.3 is 5.11 Å². The van der Waals surface area contributed by atoms with Crippen molar-refractivity contribution in [2.45, 2.75) is 51.5 Å². The van der Waals surface area contributed by atoms with E-state index in [1.807, 2.05) is 0 Å². The van der Waals surface area contributed by atoms with Crippen LogP contribution in [0.3, 0.4) is 0 Å². The molecule has 0 aromatic carbocycles. The van der Waals surface area contributed by atoms with Crippen molar-refractivity contribution in [3.63, 3.8) is 0 Å². The second kappa shape index (κ2) is 3.94.